The first-order valence-electron chi connectivity index (χ1n) is 10.4. The van der Waals surface area contributed by atoms with Gasteiger partial charge in [0.1, 0.15) is 16.7 Å². The van der Waals surface area contributed by atoms with Crippen LogP contribution < -0.4 is 10.2 Å². The van der Waals surface area contributed by atoms with Gasteiger partial charge in [0.2, 0.25) is 5.91 Å². The van der Waals surface area contributed by atoms with E-state index in [4.69, 9.17) is 11.6 Å². The van der Waals surface area contributed by atoms with Gasteiger partial charge in [0.05, 0.1) is 5.25 Å². The van der Waals surface area contributed by atoms with Gasteiger partial charge >= 0.3 is 0 Å². The van der Waals surface area contributed by atoms with Crippen molar-refractivity contribution in [2.75, 3.05) is 10.2 Å². The first-order valence-corrected chi connectivity index (χ1v) is 12.4. The zero-order chi connectivity index (χ0) is 24.2. The number of hydrogen-bond acceptors (Lipinski definition) is 4. The molecule has 4 rings (SSSR count). The van der Waals surface area contributed by atoms with Crippen LogP contribution in [0.25, 0.3) is 0 Å². The van der Waals surface area contributed by atoms with Gasteiger partial charge in [-0.05, 0) is 67.4 Å². The Morgan fingerprint density at radius 1 is 1.09 bits per heavy atom. The molecule has 0 aromatic heterocycles. The lowest BCUT2D eigenvalue weighted by atomic mass is 10.1. The summed E-state index contributed by atoms with van der Waals surface area (Å²) in [4.78, 5) is 28.1. The molecule has 1 heterocycles. The van der Waals surface area contributed by atoms with Gasteiger partial charge in [-0.2, -0.15) is 5.26 Å². The molecule has 0 radical (unpaired) electrons. The molecule has 0 aliphatic carbocycles. The third-order valence-corrected chi connectivity index (χ3v) is 7.28. The summed E-state index contributed by atoms with van der Waals surface area (Å²) in [5.74, 6) is -0.743. The van der Waals surface area contributed by atoms with Crippen LogP contribution >= 0.6 is 39.3 Å². The number of nitrogens with zero attached hydrogens (tertiary/aromatic N) is 2. The number of nitriles is 1. The predicted octanol–water partition coefficient (Wildman–Crippen LogP) is 6.48. The van der Waals surface area contributed by atoms with E-state index in [1.54, 1.807) is 36.4 Å². The van der Waals surface area contributed by atoms with Crippen LogP contribution in [-0.4, -0.2) is 17.1 Å². The van der Waals surface area contributed by atoms with Crippen LogP contribution in [0.15, 0.2) is 87.9 Å². The van der Waals surface area contributed by atoms with E-state index in [0.29, 0.717) is 27.8 Å². The summed E-state index contributed by atoms with van der Waals surface area (Å²) in [7, 11) is 0. The van der Waals surface area contributed by atoms with E-state index in [-0.39, 0.29) is 11.5 Å². The minimum absolute atomic E-state index is 0.111. The van der Waals surface area contributed by atoms with Crippen molar-refractivity contribution < 1.29 is 9.59 Å². The molecule has 1 aliphatic heterocycles. The molecule has 1 N–H and O–H groups in total. The molecule has 3 aromatic rings. The maximum absolute atomic E-state index is 13.5. The van der Waals surface area contributed by atoms with E-state index in [1.165, 1.54) is 16.7 Å². The SMILES string of the molecule is Cc1ccc(N2C(=O)C(Cc3ccc(Cl)cc3)SC2=C(C#N)C(=O)Nc2ccc(Br)cc2)cc1. The Balaban J connectivity index is 1.71. The summed E-state index contributed by atoms with van der Waals surface area (Å²) >= 11 is 10.6. The topological polar surface area (TPSA) is 73.2 Å². The first kappa shape index (κ1) is 24.1. The first-order chi connectivity index (χ1) is 16.4. The highest BCUT2D eigenvalue weighted by molar-refractivity contribution is 9.10. The Kier molecular flexibility index (Phi) is 7.42. The van der Waals surface area contributed by atoms with Gasteiger partial charge in [0.25, 0.3) is 5.91 Å². The van der Waals surface area contributed by atoms with Crippen molar-refractivity contribution in [1.29, 1.82) is 5.26 Å². The monoisotopic (exact) mass is 551 g/mol. The highest BCUT2D eigenvalue weighted by Crippen LogP contribution is 2.42. The summed E-state index contributed by atoms with van der Waals surface area (Å²) < 4.78 is 0.872. The zero-order valence-electron chi connectivity index (χ0n) is 18.1. The summed E-state index contributed by atoms with van der Waals surface area (Å²) in [6.07, 6.45) is 0.444. The Morgan fingerprint density at radius 3 is 2.35 bits per heavy atom. The van der Waals surface area contributed by atoms with Crippen LogP contribution in [0.3, 0.4) is 0 Å². The maximum Gasteiger partial charge on any atom is 0.269 e. The molecule has 1 fully saturated rings. The van der Waals surface area contributed by atoms with Crippen molar-refractivity contribution in [3.63, 3.8) is 0 Å². The average molecular weight is 553 g/mol. The van der Waals surface area contributed by atoms with Gasteiger partial charge in [-0.1, -0.05) is 69.1 Å². The Morgan fingerprint density at radius 2 is 1.74 bits per heavy atom. The minimum Gasteiger partial charge on any atom is -0.321 e. The number of hydrogen-bond donors (Lipinski definition) is 1. The van der Waals surface area contributed by atoms with Crippen molar-refractivity contribution in [3.8, 4) is 6.07 Å². The number of rotatable bonds is 5. The van der Waals surface area contributed by atoms with E-state index >= 15 is 0 Å². The van der Waals surface area contributed by atoms with Gasteiger partial charge in [-0.25, -0.2) is 0 Å². The lowest BCUT2D eigenvalue weighted by Crippen LogP contribution is -2.30. The molecule has 34 heavy (non-hydrogen) atoms. The van der Waals surface area contributed by atoms with E-state index < -0.39 is 11.2 Å². The summed E-state index contributed by atoms with van der Waals surface area (Å²) in [6, 6.07) is 23.8. The van der Waals surface area contributed by atoms with Crippen LogP contribution in [0.4, 0.5) is 11.4 Å². The lowest BCUT2D eigenvalue weighted by molar-refractivity contribution is -0.117. The fraction of sp³-hybridized carbons (Fsp3) is 0.115. The Hall–Kier alpha value is -3.05. The molecule has 1 saturated heterocycles. The number of benzene rings is 3. The van der Waals surface area contributed by atoms with Crippen molar-refractivity contribution >= 4 is 62.5 Å². The van der Waals surface area contributed by atoms with E-state index in [1.807, 2.05) is 49.4 Å². The fourth-order valence-electron chi connectivity index (χ4n) is 3.48. The molecule has 8 heteroatoms. The van der Waals surface area contributed by atoms with Gasteiger partial charge < -0.3 is 5.32 Å². The number of anilines is 2. The zero-order valence-corrected chi connectivity index (χ0v) is 21.2. The molecule has 3 aromatic carbocycles. The number of carbonyl (C=O) groups is 2. The van der Waals surface area contributed by atoms with Crippen LogP contribution in [0.2, 0.25) is 5.02 Å². The van der Waals surface area contributed by atoms with Crippen molar-refractivity contribution in [3.05, 3.63) is 104 Å². The summed E-state index contributed by atoms with van der Waals surface area (Å²) in [5, 5.41) is 13.2. The third-order valence-electron chi connectivity index (χ3n) is 5.23. The Bertz CT molecular complexity index is 1300. The predicted molar refractivity (Wildman–Crippen MR) is 141 cm³/mol. The lowest BCUT2D eigenvalue weighted by Gasteiger charge is -2.19. The molecular formula is C26H19BrClN3O2S. The second-order valence-electron chi connectivity index (χ2n) is 7.70. The van der Waals surface area contributed by atoms with Crippen LogP contribution in [0, 0.1) is 18.3 Å². The Labute approximate surface area is 215 Å². The van der Waals surface area contributed by atoms with Gasteiger partial charge in [-0.15, -0.1) is 0 Å². The molecule has 170 valence electrons. The number of carbonyl (C=O) groups excluding carboxylic acids is 2. The molecule has 0 spiro atoms. The summed E-state index contributed by atoms with van der Waals surface area (Å²) in [6.45, 7) is 1.96. The quantitative estimate of drug-likeness (QED) is 0.291. The number of thioether (sulfide) groups is 1. The number of aryl methyl sites for hydroxylation is 1. The maximum atomic E-state index is 13.5. The normalized spacial score (nSPS) is 16.8. The number of nitrogens with one attached hydrogen (secondary N) is 1. The molecule has 1 unspecified atom stereocenters. The highest BCUT2D eigenvalue weighted by Gasteiger charge is 2.40. The fourth-order valence-corrected chi connectivity index (χ4v) is 5.18. The molecular weight excluding hydrogens is 534 g/mol. The van der Waals surface area contributed by atoms with Gasteiger partial charge in [-0.3, -0.25) is 14.5 Å². The van der Waals surface area contributed by atoms with Crippen molar-refractivity contribution in [1.82, 2.24) is 0 Å². The molecule has 2 amide bonds. The van der Waals surface area contributed by atoms with Gasteiger partial charge in [0.15, 0.2) is 0 Å². The molecule has 1 atom stereocenters. The number of amides is 2. The standard InChI is InChI=1S/C26H19BrClN3O2S/c1-16-2-12-21(13-3-16)31-25(33)23(14-17-4-8-19(28)9-5-17)34-26(31)22(15-29)24(32)30-20-10-6-18(27)7-11-20/h2-13,23H,14H2,1H3,(H,30,32). The number of halogens is 2. The van der Waals surface area contributed by atoms with Crippen LogP contribution in [0.5, 0.6) is 0 Å². The average Bonchev–Trinajstić information content (AvgIpc) is 3.13. The largest absolute Gasteiger partial charge is 0.321 e. The molecule has 5 nitrogen and oxygen atoms in total. The van der Waals surface area contributed by atoms with E-state index in [0.717, 1.165) is 15.6 Å². The second kappa shape index (κ2) is 10.5. The second-order valence-corrected chi connectivity index (χ2v) is 10.2. The molecule has 0 saturated carbocycles. The van der Waals surface area contributed by atoms with Gasteiger partial charge in [0, 0.05) is 20.9 Å². The highest BCUT2D eigenvalue weighted by atomic mass is 79.9. The minimum atomic E-state index is -0.565. The molecule has 0 bridgehead atoms. The van der Waals surface area contributed by atoms with Crippen LogP contribution in [0.1, 0.15) is 11.1 Å². The van der Waals surface area contributed by atoms with Crippen LogP contribution in [-0.2, 0) is 16.0 Å². The van der Waals surface area contributed by atoms with Crippen molar-refractivity contribution in [2.24, 2.45) is 0 Å². The van der Waals surface area contributed by atoms with E-state index in [9.17, 15) is 14.9 Å². The smallest absolute Gasteiger partial charge is 0.269 e. The van der Waals surface area contributed by atoms with Crippen molar-refractivity contribution in [2.45, 2.75) is 18.6 Å². The van der Waals surface area contributed by atoms with E-state index in [2.05, 4.69) is 21.2 Å². The molecule has 1 aliphatic rings. The third kappa shape index (κ3) is 5.36. The summed E-state index contributed by atoms with van der Waals surface area (Å²) in [5.41, 5.74) is 3.04.